The quantitative estimate of drug-likeness (QED) is 0.607. The lowest BCUT2D eigenvalue weighted by Crippen LogP contribution is -2.47. The lowest BCUT2D eigenvalue weighted by Gasteiger charge is -2.27. The van der Waals surface area contributed by atoms with E-state index in [4.69, 9.17) is 9.94 Å². The Morgan fingerprint density at radius 1 is 1.22 bits per heavy atom. The Hall–Kier alpha value is -2.86. The third kappa shape index (κ3) is 3.80. The average molecular weight is 368 g/mol. The molecule has 0 aromatic heterocycles. The molecule has 1 heterocycles. The Labute approximate surface area is 158 Å². The lowest BCUT2D eigenvalue weighted by atomic mass is 9.81. The van der Waals surface area contributed by atoms with Crippen molar-refractivity contribution in [1.29, 1.82) is 0 Å². The van der Waals surface area contributed by atoms with E-state index in [1.165, 1.54) is 4.90 Å². The van der Waals surface area contributed by atoms with E-state index in [0.29, 0.717) is 19.6 Å². The van der Waals surface area contributed by atoms with Crippen molar-refractivity contribution < 1.29 is 19.5 Å². The highest BCUT2D eigenvalue weighted by molar-refractivity contribution is 5.94. The van der Waals surface area contributed by atoms with E-state index >= 15 is 0 Å². The molecule has 0 bridgehead atoms. The number of ether oxygens (including phenoxy) is 1. The molecule has 2 aromatic carbocycles. The van der Waals surface area contributed by atoms with E-state index in [9.17, 15) is 9.59 Å². The number of hydroxylamine groups is 1. The maximum absolute atomic E-state index is 12.9. The summed E-state index contributed by atoms with van der Waals surface area (Å²) < 4.78 is 5.80. The molecule has 6 nitrogen and oxygen atoms in total. The van der Waals surface area contributed by atoms with Crippen molar-refractivity contribution in [2.24, 2.45) is 0 Å². The zero-order valence-corrected chi connectivity index (χ0v) is 15.5. The van der Waals surface area contributed by atoms with Crippen LogP contribution in [0.3, 0.4) is 0 Å². The second-order valence-corrected chi connectivity index (χ2v) is 7.03. The van der Waals surface area contributed by atoms with Crippen LogP contribution in [-0.2, 0) is 21.6 Å². The fourth-order valence-electron chi connectivity index (χ4n) is 3.40. The van der Waals surface area contributed by atoms with E-state index in [1.54, 1.807) is 12.4 Å². The minimum atomic E-state index is -0.710. The number of hydrogen-bond acceptors (Lipinski definition) is 4. The topological polar surface area (TPSA) is 78.9 Å². The second-order valence-electron chi connectivity index (χ2n) is 7.03. The summed E-state index contributed by atoms with van der Waals surface area (Å²) in [6.45, 7) is 4.45. The van der Waals surface area contributed by atoms with Gasteiger partial charge in [0.1, 0.15) is 18.4 Å². The summed E-state index contributed by atoms with van der Waals surface area (Å²) in [7, 11) is 0. The smallest absolute Gasteiger partial charge is 0.265 e. The Morgan fingerprint density at radius 2 is 1.89 bits per heavy atom. The van der Waals surface area contributed by atoms with E-state index in [1.807, 2.05) is 61.5 Å². The molecule has 0 aliphatic carbocycles. The van der Waals surface area contributed by atoms with E-state index < -0.39 is 17.4 Å². The van der Waals surface area contributed by atoms with Crippen LogP contribution in [0.4, 0.5) is 0 Å². The first-order valence-corrected chi connectivity index (χ1v) is 8.98. The summed E-state index contributed by atoms with van der Waals surface area (Å²) in [4.78, 5) is 26.1. The molecule has 2 amide bonds. The van der Waals surface area contributed by atoms with Gasteiger partial charge < -0.3 is 9.64 Å². The number of hydrogen-bond donors (Lipinski definition) is 2. The highest BCUT2D eigenvalue weighted by Gasteiger charge is 2.46. The number of likely N-dealkylation sites (tertiary alicyclic amines) is 1. The summed E-state index contributed by atoms with van der Waals surface area (Å²) >= 11 is 0. The van der Waals surface area contributed by atoms with Crippen molar-refractivity contribution in [1.82, 2.24) is 10.4 Å². The molecule has 0 spiro atoms. The van der Waals surface area contributed by atoms with Gasteiger partial charge in [0.15, 0.2) is 0 Å². The van der Waals surface area contributed by atoms with Gasteiger partial charge >= 0.3 is 0 Å². The summed E-state index contributed by atoms with van der Waals surface area (Å²) in [5, 5.41) is 8.81. The van der Waals surface area contributed by atoms with Gasteiger partial charge in [0.05, 0.1) is 5.41 Å². The number of benzene rings is 2. The number of nitrogens with zero attached hydrogens (tertiary/aromatic N) is 1. The zero-order chi connectivity index (χ0) is 19.4. The zero-order valence-electron chi connectivity index (χ0n) is 15.5. The van der Waals surface area contributed by atoms with E-state index in [-0.39, 0.29) is 5.91 Å². The summed E-state index contributed by atoms with van der Waals surface area (Å²) in [5.41, 5.74) is 2.90. The van der Waals surface area contributed by atoms with Gasteiger partial charge in [-0.15, -0.1) is 0 Å². The van der Waals surface area contributed by atoms with Crippen LogP contribution >= 0.6 is 0 Å². The molecule has 1 fully saturated rings. The summed E-state index contributed by atoms with van der Waals surface area (Å²) in [6, 6.07) is 16.7. The van der Waals surface area contributed by atoms with Gasteiger partial charge in [0.25, 0.3) is 5.91 Å². The summed E-state index contributed by atoms with van der Waals surface area (Å²) in [5.74, 6) is 0.0374. The number of carbonyl (C=O) groups is 2. The van der Waals surface area contributed by atoms with Gasteiger partial charge in [-0.25, -0.2) is 5.48 Å². The van der Waals surface area contributed by atoms with Crippen molar-refractivity contribution in [3.63, 3.8) is 0 Å². The molecule has 2 atom stereocenters. The highest BCUT2D eigenvalue weighted by atomic mass is 16.5. The fourth-order valence-corrected chi connectivity index (χ4v) is 3.40. The Bertz CT molecular complexity index is 807. The molecule has 6 heteroatoms. The van der Waals surface area contributed by atoms with Crippen LogP contribution in [0.2, 0.25) is 0 Å². The molecule has 2 unspecified atom stereocenters. The minimum Gasteiger partial charge on any atom is -0.489 e. The second kappa shape index (κ2) is 7.80. The Balaban J connectivity index is 1.69. The van der Waals surface area contributed by atoms with Gasteiger partial charge in [-0.05, 0) is 43.5 Å². The number of nitrogens with one attached hydrogen (secondary N) is 1. The van der Waals surface area contributed by atoms with Gasteiger partial charge in [-0.2, -0.15) is 0 Å². The van der Waals surface area contributed by atoms with E-state index in [2.05, 4.69) is 0 Å². The number of amides is 2. The molecule has 1 aliphatic heterocycles. The van der Waals surface area contributed by atoms with Gasteiger partial charge in [-0.3, -0.25) is 14.8 Å². The fraction of sp³-hybridized carbons (Fsp3) is 0.333. The minimum absolute atomic E-state index is 0.114. The third-order valence-electron chi connectivity index (χ3n) is 5.28. The van der Waals surface area contributed by atoms with Crippen LogP contribution in [0.25, 0.3) is 0 Å². The Kier molecular flexibility index (Phi) is 5.46. The number of carbonyl (C=O) groups excluding carboxylic acids is 2. The molecule has 27 heavy (non-hydrogen) atoms. The van der Waals surface area contributed by atoms with Crippen LogP contribution in [0.5, 0.6) is 5.75 Å². The molecule has 3 rings (SSSR count). The summed E-state index contributed by atoms with van der Waals surface area (Å²) in [6.07, 6.45) is 0.610. The molecular weight excluding hydrogens is 344 g/mol. The van der Waals surface area contributed by atoms with Gasteiger partial charge in [0, 0.05) is 6.54 Å². The molecule has 1 aliphatic rings. The first-order valence-electron chi connectivity index (χ1n) is 8.98. The molecule has 0 radical (unpaired) electrons. The molecule has 1 saturated heterocycles. The van der Waals surface area contributed by atoms with Crippen LogP contribution in [0.15, 0.2) is 54.6 Å². The largest absolute Gasteiger partial charge is 0.489 e. The Morgan fingerprint density at radius 3 is 2.52 bits per heavy atom. The van der Waals surface area contributed by atoms with Crippen molar-refractivity contribution in [2.75, 3.05) is 6.54 Å². The maximum Gasteiger partial charge on any atom is 0.265 e. The van der Waals surface area contributed by atoms with Crippen molar-refractivity contribution in [3.8, 4) is 5.75 Å². The van der Waals surface area contributed by atoms with Gasteiger partial charge in [0.2, 0.25) is 5.91 Å². The molecule has 2 N–H and O–H groups in total. The van der Waals surface area contributed by atoms with Crippen LogP contribution in [-0.4, -0.2) is 34.5 Å². The monoisotopic (exact) mass is 368 g/mol. The van der Waals surface area contributed by atoms with Crippen molar-refractivity contribution in [2.45, 2.75) is 38.3 Å². The number of rotatable bonds is 6. The SMILES string of the molecule is CC(C(=O)NO)N1CCC(C)(c2ccc(OCc3ccccc3)cc2)C1=O. The first-order chi connectivity index (χ1) is 13.0. The molecule has 142 valence electrons. The maximum atomic E-state index is 12.9. The van der Waals surface area contributed by atoms with Gasteiger partial charge in [-0.1, -0.05) is 42.5 Å². The van der Waals surface area contributed by atoms with Crippen molar-refractivity contribution in [3.05, 3.63) is 65.7 Å². The van der Waals surface area contributed by atoms with Crippen LogP contribution in [0.1, 0.15) is 31.4 Å². The molecule has 2 aromatic rings. The predicted octanol–water partition coefficient (Wildman–Crippen LogP) is 2.65. The van der Waals surface area contributed by atoms with Crippen molar-refractivity contribution >= 4 is 11.8 Å². The van der Waals surface area contributed by atoms with E-state index in [0.717, 1.165) is 16.9 Å². The lowest BCUT2D eigenvalue weighted by molar-refractivity contribution is -0.143. The predicted molar refractivity (Wildman–Crippen MR) is 100 cm³/mol. The van der Waals surface area contributed by atoms with Crippen LogP contribution in [0, 0.1) is 0 Å². The van der Waals surface area contributed by atoms with Crippen LogP contribution < -0.4 is 10.2 Å². The first kappa shape index (κ1) is 18.9. The average Bonchev–Trinajstić information content (AvgIpc) is 3.02. The highest BCUT2D eigenvalue weighted by Crippen LogP contribution is 2.37. The third-order valence-corrected chi connectivity index (χ3v) is 5.28. The molecular formula is C21H24N2O4. The standard InChI is InChI=1S/C21H24N2O4/c1-15(19(24)22-26)23-13-12-21(2,20(23)25)17-8-10-18(11-9-17)27-14-16-6-4-3-5-7-16/h3-11,15,26H,12-14H2,1-2H3,(H,22,24). The molecule has 0 saturated carbocycles. The normalized spacial score (nSPS) is 20.4.